The van der Waals surface area contributed by atoms with Crippen LogP contribution in [0.1, 0.15) is 53.5 Å². The lowest BCUT2D eigenvalue weighted by molar-refractivity contribution is -0.137. The first kappa shape index (κ1) is 24.1. The maximum Gasteiger partial charge on any atom is 0.416 e. The van der Waals surface area contributed by atoms with Gasteiger partial charge >= 0.3 is 6.18 Å². The molecular formula is C28H28F3NO2S. The molecule has 1 N–H and O–H groups in total. The summed E-state index contributed by atoms with van der Waals surface area (Å²) in [4.78, 5) is 1.11. The first-order valence-electron chi connectivity index (χ1n) is 12.0. The van der Waals surface area contributed by atoms with Gasteiger partial charge in [-0.05, 0) is 73.3 Å². The second-order valence-corrected chi connectivity index (χ2v) is 10.0. The molecule has 2 aliphatic rings. The summed E-state index contributed by atoms with van der Waals surface area (Å²) in [5.74, 6) is 2.24. The number of halogens is 3. The van der Waals surface area contributed by atoms with E-state index >= 15 is 0 Å². The third-order valence-electron chi connectivity index (χ3n) is 6.60. The van der Waals surface area contributed by atoms with Crippen LogP contribution in [0, 0.1) is 0 Å². The Morgan fingerprint density at radius 2 is 1.71 bits per heavy atom. The molecule has 1 fully saturated rings. The van der Waals surface area contributed by atoms with E-state index in [4.69, 9.17) is 9.47 Å². The number of fused-ring (bicyclic) bond motifs is 1. The van der Waals surface area contributed by atoms with E-state index in [9.17, 15) is 13.2 Å². The molecule has 3 aromatic carbocycles. The standard InChI is InChI=1S/C28H28F3NO2S/c29-28(30,31)21-6-9-25(24(16-21)20-10-13-32-14-11-20)34-26-12-15-33-27-17-22(7-8-23(26)27)35-18-19-4-2-1-3-5-19/h1-9,16-17,20,26,32H,10-15,18H2. The smallest absolute Gasteiger partial charge is 0.416 e. The summed E-state index contributed by atoms with van der Waals surface area (Å²) in [7, 11) is 0. The van der Waals surface area contributed by atoms with Crippen LogP contribution in [0.4, 0.5) is 13.2 Å². The minimum absolute atomic E-state index is 0.0459. The second-order valence-electron chi connectivity index (χ2n) is 8.99. The molecule has 184 valence electrons. The normalized spacial score (nSPS) is 18.5. The quantitative estimate of drug-likeness (QED) is 0.359. The van der Waals surface area contributed by atoms with Crippen molar-refractivity contribution < 1.29 is 22.6 Å². The zero-order chi connectivity index (χ0) is 24.3. The van der Waals surface area contributed by atoms with Crippen molar-refractivity contribution in [3.63, 3.8) is 0 Å². The van der Waals surface area contributed by atoms with Crippen LogP contribution in [-0.2, 0) is 11.9 Å². The Labute approximate surface area is 208 Å². The molecule has 5 rings (SSSR count). The van der Waals surface area contributed by atoms with E-state index in [1.54, 1.807) is 11.8 Å². The van der Waals surface area contributed by atoms with Gasteiger partial charge in [-0.25, -0.2) is 0 Å². The van der Waals surface area contributed by atoms with Crippen LogP contribution in [0.3, 0.4) is 0 Å². The van der Waals surface area contributed by atoms with Crippen molar-refractivity contribution >= 4 is 11.8 Å². The van der Waals surface area contributed by atoms with Gasteiger partial charge in [-0.3, -0.25) is 0 Å². The molecule has 0 spiro atoms. The van der Waals surface area contributed by atoms with Gasteiger partial charge in [0, 0.05) is 22.6 Å². The predicted octanol–water partition coefficient (Wildman–Crippen LogP) is 7.37. The monoisotopic (exact) mass is 499 g/mol. The van der Waals surface area contributed by atoms with Crippen molar-refractivity contribution in [2.75, 3.05) is 19.7 Å². The number of ether oxygens (including phenoxy) is 2. The number of hydrogen-bond acceptors (Lipinski definition) is 4. The van der Waals surface area contributed by atoms with Gasteiger partial charge in [-0.1, -0.05) is 36.4 Å². The molecule has 1 saturated heterocycles. The van der Waals surface area contributed by atoms with Crippen molar-refractivity contribution in [1.82, 2.24) is 5.32 Å². The highest BCUT2D eigenvalue weighted by Crippen LogP contribution is 2.43. The van der Waals surface area contributed by atoms with Crippen LogP contribution in [-0.4, -0.2) is 19.7 Å². The van der Waals surface area contributed by atoms with Crippen LogP contribution < -0.4 is 14.8 Å². The van der Waals surface area contributed by atoms with Crippen LogP contribution in [0.25, 0.3) is 0 Å². The first-order chi connectivity index (χ1) is 17.0. The highest BCUT2D eigenvalue weighted by atomic mass is 32.2. The molecule has 35 heavy (non-hydrogen) atoms. The molecule has 1 atom stereocenters. The fourth-order valence-electron chi connectivity index (χ4n) is 4.73. The number of hydrogen-bond donors (Lipinski definition) is 1. The second kappa shape index (κ2) is 10.5. The van der Waals surface area contributed by atoms with Gasteiger partial charge in [0.2, 0.25) is 0 Å². The molecule has 3 aromatic rings. The predicted molar refractivity (Wildman–Crippen MR) is 132 cm³/mol. The third kappa shape index (κ3) is 5.78. The number of benzene rings is 3. The number of alkyl halides is 3. The van der Waals surface area contributed by atoms with Gasteiger partial charge in [0.05, 0.1) is 12.2 Å². The summed E-state index contributed by atoms with van der Waals surface area (Å²) in [6.45, 7) is 2.10. The molecule has 2 heterocycles. The lowest BCUT2D eigenvalue weighted by atomic mass is 9.88. The summed E-state index contributed by atoms with van der Waals surface area (Å²) in [5, 5.41) is 3.29. The molecule has 0 amide bonds. The lowest BCUT2D eigenvalue weighted by Gasteiger charge is -2.30. The first-order valence-corrected chi connectivity index (χ1v) is 13.0. The van der Waals surface area contributed by atoms with Gasteiger partial charge < -0.3 is 14.8 Å². The van der Waals surface area contributed by atoms with E-state index in [0.717, 1.165) is 54.0 Å². The van der Waals surface area contributed by atoms with E-state index in [1.807, 2.05) is 30.3 Å². The Morgan fingerprint density at radius 1 is 0.914 bits per heavy atom. The highest BCUT2D eigenvalue weighted by Gasteiger charge is 2.33. The number of rotatable bonds is 6. The molecule has 0 aliphatic carbocycles. The van der Waals surface area contributed by atoms with Crippen LogP contribution >= 0.6 is 11.8 Å². The van der Waals surface area contributed by atoms with Gasteiger partial charge in [-0.2, -0.15) is 13.2 Å². The van der Waals surface area contributed by atoms with Gasteiger partial charge in [0.25, 0.3) is 0 Å². The Kier molecular flexibility index (Phi) is 7.25. The Balaban J connectivity index is 1.37. The number of nitrogens with one attached hydrogen (secondary N) is 1. The molecule has 3 nitrogen and oxygen atoms in total. The molecule has 0 bridgehead atoms. The summed E-state index contributed by atoms with van der Waals surface area (Å²) >= 11 is 1.74. The van der Waals surface area contributed by atoms with Crippen molar-refractivity contribution in [1.29, 1.82) is 0 Å². The van der Waals surface area contributed by atoms with E-state index in [1.165, 1.54) is 17.7 Å². The van der Waals surface area contributed by atoms with E-state index in [2.05, 4.69) is 23.5 Å². The van der Waals surface area contributed by atoms with E-state index in [-0.39, 0.29) is 12.0 Å². The number of thioether (sulfide) groups is 1. The van der Waals surface area contributed by atoms with E-state index in [0.29, 0.717) is 24.3 Å². The van der Waals surface area contributed by atoms with Gasteiger partial charge in [-0.15, -0.1) is 11.8 Å². The maximum absolute atomic E-state index is 13.5. The topological polar surface area (TPSA) is 30.5 Å². The molecule has 0 aromatic heterocycles. The Hall–Kier alpha value is -2.64. The fraction of sp³-hybridized carbons (Fsp3) is 0.357. The Bertz CT molecular complexity index is 1150. The van der Waals surface area contributed by atoms with Crippen molar-refractivity contribution in [2.24, 2.45) is 0 Å². The molecule has 0 radical (unpaired) electrons. The lowest BCUT2D eigenvalue weighted by Crippen LogP contribution is -2.27. The maximum atomic E-state index is 13.5. The van der Waals surface area contributed by atoms with E-state index < -0.39 is 11.7 Å². The van der Waals surface area contributed by atoms with Crippen LogP contribution in [0.5, 0.6) is 11.5 Å². The van der Waals surface area contributed by atoms with Crippen LogP contribution in [0.2, 0.25) is 0 Å². The molecule has 2 aliphatic heterocycles. The molecular weight excluding hydrogens is 471 g/mol. The zero-order valence-corrected chi connectivity index (χ0v) is 20.1. The zero-order valence-electron chi connectivity index (χ0n) is 19.3. The Morgan fingerprint density at radius 3 is 2.49 bits per heavy atom. The largest absolute Gasteiger partial charge is 0.493 e. The minimum atomic E-state index is -4.38. The summed E-state index contributed by atoms with van der Waals surface area (Å²) < 4.78 is 52.8. The fourth-order valence-corrected chi connectivity index (χ4v) is 5.61. The molecule has 7 heteroatoms. The van der Waals surface area contributed by atoms with Gasteiger partial charge in [0.1, 0.15) is 17.6 Å². The van der Waals surface area contributed by atoms with Crippen LogP contribution in [0.15, 0.2) is 71.6 Å². The molecule has 0 saturated carbocycles. The van der Waals surface area contributed by atoms with Crippen molar-refractivity contribution in [3.8, 4) is 11.5 Å². The number of piperidine rings is 1. The summed E-state index contributed by atoms with van der Waals surface area (Å²) in [6.07, 6.45) is -2.40. The third-order valence-corrected chi connectivity index (χ3v) is 7.67. The summed E-state index contributed by atoms with van der Waals surface area (Å²) in [6, 6.07) is 20.3. The van der Waals surface area contributed by atoms with Crippen molar-refractivity contribution in [3.05, 3.63) is 89.0 Å². The van der Waals surface area contributed by atoms with Crippen molar-refractivity contribution in [2.45, 2.75) is 48.1 Å². The SMILES string of the molecule is FC(F)(F)c1ccc(OC2CCOc3cc(SCc4ccccc4)ccc32)c(C2CCNCC2)c1. The van der Waals surface area contributed by atoms with Gasteiger partial charge in [0.15, 0.2) is 0 Å². The average Bonchev–Trinajstić information content (AvgIpc) is 2.88. The average molecular weight is 500 g/mol. The molecule has 1 unspecified atom stereocenters. The minimum Gasteiger partial charge on any atom is -0.493 e. The highest BCUT2D eigenvalue weighted by molar-refractivity contribution is 7.98. The summed E-state index contributed by atoms with van der Waals surface area (Å²) in [5.41, 5.74) is 2.23.